The van der Waals surface area contributed by atoms with Gasteiger partial charge in [0, 0.05) is 5.69 Å². The molecule has 0 unspecified atom stereocenters. The van der Waals surface area contributed by atoms with Crippen molar-refractivity contribution >= 4 is 11.6 Å². The maximum Gasteiger partial charge on any atom is 0.255 e. The van der Waals surface area contributed by atoms with Gasteiger partial charge in [-0.25, -0.2) is 0 Å². The van der Waals surface area contributed by atoms with E-state index >= 15 is 0 Å². The summed E-state index contributed by atoms with van der Waals surface area (Å²) in [5.41, 5.74) is 0.535. The minimum Gasteiger partial charge on any atom is -0.381 e. The molecule has 3 heteroatoms. The summed E-state index contributed by atoms with van der Waals surface area (Å²) in [6, 6.07) is 7.60. The Hall–Kier alpha value is -1.35. The zero-order chi connectivity index (χ0) is 11.5. The maximum absolute atomic E-state index is 11.5. The van der Waals surface area contributed by atoms with Gasteiger partial charge in [0.05, 0.1) is 0 Å². The third kappa shape index (κ3) is 3.36. The largest absolute Gasteiger partial charge is 0.381 e. The quantitative estimate of drug-likeness (QED) is 0.796. The Balaban J connectivity index is 2.77. The van der Waals surface area contributed by atoms with Crippen LogP contribution in [0.3, 0.4) is 0 Å². The van der Waals surface area contributed by atoms with Crippen molar-refractivity contribution in [2.24, 2.45) is 0 Å². The highest BCUT2D eigenvalue weighted by Gasteiger charge is 2.23. The number of aliphatic hydroxyl groups is 1. The van der Waals surface area contributed by atoms with Crippen molar-refractivity contribution in [3.8, 4) is 0 Å². The van der Waals surface area contributed by atoms with Gasteiger partial charge in [-0.3, -0.25) is 4.79 Å². The van der Waals surface area contributed by atoms with E-state index in [1.165, 1.54) is 13.8 Å². The van der Waals surface area contributed by atoms with Crippen LogP contribution in [0.1, 0.15) is 26.3 Å². The summed E-state index contributed by atoms with van der Waals surface area (Å²) in [5.74, 6) is -0.393. The lowest BCUT2D eigenvalue weighted by Gasteiger charge is -2.16. The normalized spacial score (nSPS) is 11.2. The van der Waals surface area contributed by atoms with Crippen LogP contribution in [0.4, 0.5) is 5.69 Å². The first-order valence-electron chi connectivity index (χ1n) is 5.06. The van der Waals surface area contributed by atoms with E-state index < -0.39 is 11.5 Å². The summed E-state index contributed by atoms with van der Waals surface area (Å²) in [5, 5.41) is 12.1. The first kappa shape index (κ1) is 11.7. The minimum atomic E-state index is -1.35. The highest BCUT2D eigenvalue weighted by molar-refractivity contribution is 5.96. The smallest absolute Gasteiger partial charge is 0.255 e. The second-order valence-electron chi connectivity index (χ2n) is 4.07. The molecule has 0 aliphatic carbocycles. The predicted molar refractivity (Wildman–Crippen MR) is 60.7 cm³/mol. The SMILES string of the molecule is CCc1cccc(NC(=O)C(C)(C)O)c1. The zero-order valence-corrected chi connectivity index (χ0v) is 9.37. The molecule has 0 bridgehead atoms. The third-order valence-electron chi connectivity index (χ3n) is 2.15. The predicted octanol–water partition coefficient (Wildman–Crippen LogP) is 1.96. The van der Waals surface area contributed by atoms with Crippen LogP contribution >= 0.6 is 0 Å². The number of anilines is 1. The van der Waals surface area contributed by atoms with Crippen molar-refractivity contribution in [3.05, 3.63) is 29.8 Å². The van der Waals surface area contributed by atoms with Gasteiger partial charge in [-0.1, -0.05) is 19.1 Å². The second-order valence-corrected chi connectivity index (χ2v) is 4.07. The van der Waals surface area contributed by atoms with Crippen molar-refractivity contribution in [3.63, 3.8) is 0 Å². The first-order valence-corrected chi connectivity index (χ1v) is 5.06. The van der Waals surface area contributed by atoms with Gasteiger partial charge in [0.1, 0.15) is 5.60 Å². The molecule has 1 amide bonds. The summed E-state index contributed by atoms with van der Waals surface area (Å²) >= 11 is 0. The van der Waals surface area contributed by atoms with Gasteiger partial charge in [-0.05, 0) is 38.0 Å². The third-order valence-corrected chi connectivity index (χ3v) is 2.15. The number of amides is 1. The summed E-state index contributed by atoms with van der Waals surface area (Å²) < 4.78 is 0. The van der Waals surface area contributed by atoms with E-state index in [2.05, 4.69) is 12.2 Å². The van der Waals surface area contributed by atoms with E-state index in [1.54, 1.807) is 0 Å². The Bertz CT molecular complexity index is 353. The lowest BCUT2D eigenvalue weighted by molar-refractivity contribution is -0.130. The average Bonchev–Trinajstić information content (AvgIpc) is 2.16. The van der Waals surface area contributed by atoms with Gasteiger partial charge in [-0.15, -0.1) is 0 Å². The molecule has 2 N–H and O–H groups in total. The fraction of sp³-hybridized carbons (Fsp3) is 0.417. The monoisotopic (exact) mass is 207 g/mol. The number of rotatable bonds is 3. The second kappa shape index (κ2) is 4.45. The Kier molecular flexibility index (Phi) is 3.48. The Morgan fingerprint density at radius 1 is 1.47 bits per heavy atom. The maximum atomic E-state index is 11.5. The molecule has 0 aliphatic heterocycles. The van der Waals surface area contributed by atoms with Crippen LogP contribution in [0.2, 0.25) is 0 Å². The summed E-state index contributed by atoms with van der Waals surface area (Å²) in [4.78, 5) is 11.5. The fourth-order valence-corrected chi connectivity index (χ4v) is 1.15. The van der Waals surface area contributed by atoms with E-state index in [9.17, 15) is 9.90 Å². The molecule has 1 rings (SSSR count). The van der Waals surface area contributed by atoms with Crippen LogP contribution in [-0.2, 0) is 11.2 Å². The van der Waals surface area contributed by atoms with E-state index in [1.807, 2.05) is 24.3 Å². The molecule has 0 spiro atoms. The molecule has 15 heavy (non-hydrogen) atoms. The summed E-state index contributed by atoms with van der Waals surface area (Å²) in [6.07, 6.45) is 0.923. The lowest BCUT2D eigenvalue weighted by atomic mass is 10.1. The van der Waals surface area contributed by atoms with Crippen molar-refractivity contribution in [2.75, 3.05) is 5.32 Å². The topological polar surface area (TPSA) is 49.3 Å². The molecule has 0 heterocycles. The Morgan fingerprint density at radius 3 is 2.67 bits per heavy atom. The van der Waals surface area contributed by atoms with Crippen LogP contribution in [0.5, 0.6) is 0 Å². The molecule has 82 valence electrons. The number of hydrogen-bond acceptors (Lipinski definition) is 2. The Morgan fingerprint density at radius 2 is 2.13 bits per heavy atom. The van der Waals surface area contributed by atoms with Crippen LogP contribution in [0, 0.1) is 0 Å². The van der Waals surface area contributed by atoms with Crippen molar-refractivity contribution in [2.45, 2.75) is 32.8 Å². The number of benzene rings is 1. The average molecular weight is 207 g/mol. The van der Waals surface area contributed by atoms with E-state index in [0.29, 0.717) is 0 Å². The highest BCUT2D eigenvalue weighted by Crippen LogP contribution is 2.13. The molecule has 0 atom stereocenters. The first-order chi connectivity index (χ1) is 6.93. The van der Waals surface area contributed by atoms with Gasteiger partial charge in [0.15, 0.2) is 0 Å². The van der Waals surface area contributed by atoms with Crippen LogP contribution in [-0.4, -0.2) is 16.6 Å². The van der Waals surface area contributed by atoms with Gasteiger partial charge < -0.3 is 10.4 Å². The van der Waals surface area contributed by atoms with E-state index in [0.717, 1.165) is 17.7 Å². The molecular formula is C12H17NO2. The number of carbonyl (C=O) groups is 1. The molecule has 0 fully saturated rings. The molecule has 3 nitrogen and oxygen atoms in total. The molecule has 0 saturated heterocycles. The van der Waals surface area contributed by atoms with E-state index in [4.69, 9.17) is 0 Å². The van der Waals surface area contributed by atoms with Crippen molar-refractivity contribution in [1.29, 1.82) is 0 Å². The molecular weight excluding hydrogens is 190 g/mol. The van der Waals surface area contributed by atoms with E-state index in [-0.39, 0.29) is 0 Å². The van der Waals surface area contributed by atoms with Gasteiger partial charge in [-0.2, -0.15) is 0 Å². The fourth-order valence-electron chi connectivity index (χ4n) is 1.15. The Labute approximate surface area is 90.1 Å². The number of aryl methyl sites for hydroxylation is 1. The molecule has 0 radical (unpaired) electrons. The van der Waals surface area contributed by atoms with Crippen molar-refractivity contribution < 1.29 is 9.90 Å². The van der Waals surface area contributed by atoms with Gasteiger partial charge >= 0.3 is 0 Å². The summed E-state index contributed by atoms with van der Waals surface area (Å²) in [7, 11) is 0. The standard InChI is InChI=1S/C12H17NO2/c1-4-9-6-5-7-10(8-9)13-11(14)12(2,3)15/h5-8,15H,4H2,1-3H3,(H,13,14). The number of hydrogen-bond donors (Lipinski definition) is 2. The summed E-state index contributed by atoms with van der Waals surface area (Å²) in [6.45, 7) is 4.98. The van der Waals surface area contributed by atoms with Crippen molar-refractivity contribution in [1.82, 2.24) is 0 Å². The van der Waals surface area contributed by atoms with Gasteiger partial charge in [0.2, 0.25) is 0 Å². The molecule has 0 saturated carbocycles. The number of carbonyl (C=O) groups excluding carboxylic acids is 1. The molecule has 1 aromatic rings. The van der Waals surface area contributed by atoms with Crippen LogP contribution in [0.15, 0.2) is 24.3 Å². The molecule has 0 aliphatic rings. The molecule has 1 aromatic carbocycles. The zero-order valence-electron chi connectivity index (χ0n) is 9.37. The van der Waals surface area contributed by atoms with Gasteiger partial charge in [0.25, 0.3) is 5.91 Å². The van der Waals surface area contributed by atoms with Crippen LogP contribution < -0.4 is 5.32 Å². The highest BCUT2D eigenvalue weighted by atomic mass is 16.3. The lowest BCUT2D eigenvalue weighted by Crippen LogP contribution is -2.36. The number of nitrogens with one attached hydrogen (secondary N) is 1. The van der Waals surface area contributed by atoms with Crippen LogP contribution in [0.25, 0.3) is 0 Å². The minimum absolute atomic E-state index is 0.393. The molecule has 0 aromatic heterocycles.